The van der Waals surface area contributed by atoms with Crippen molar-refractivity contribution >= 4 is 5.91 Å². The van der Waals surface area contributed by atoms with Gasteiger partial charge in [0.1, 0.15) is 5.69 Å². The van der Waals surface area contributed by atoms with Crippen molar-refractivity contribution in [1.82, 2.24) is 20.0 Å². The van der Waals surface area contributed by atoms with Crippen LogP contribution in [0.3, 0.4) is 0 Å². The quantitative estimate of drug-likeness (QED) is 0.742. The van der Waals surface area contributed by atoms with Gasteiger partial charge < -0.3 is 9.42 Å². The van der Waals surface area contributed by atoms with Crippen molar-refractivity contribution < 1.29 is 9.32 Å². The van der Waals surface area contributed by atoms with Gasteiger partial charge in [-0.1, -0.05) is 29.4 Å². The second kappa shape index (κ2) is 6.23. The molecule has 24 heavy (non-hydrogen) atoms. The van der Waals surface area contributed by atoms with Gasteiger partial charge in [0.15, 0.2) is 5.82 Å². The summed E-state index contributed by atoms with van der Waals surface area (Å²) in [7, 11) is 0. The van der Waals surface area contributed by atoms with Crippen LogP contribution in [-0.2, 0) is 0 Å². The van der Waals surface area contributed by atoms with Gasteiger partial charge in [0.25, 0.3) is 11.8 Å². The van der Waals surface area contributed by atoms with Gasteiger partial charge in [-0.05, 0) is 30.7 Å². The molecule has 6 heteroatoms. The minimum Gasteiger partial charge on any atom is -0.337 e. The first-order chi connectivity index (χ1) is 11.8. The number of amides is 1. The van der Waals surface area contributed by atoms with Gasteiger partial charge in [-0.2, -0.15) is 4.98 Å². The molecule has 1 saturated heterocycles. The monoisotopic (exact) mass is 320 g/mol. The molecule has 1 unspecified atom stereocenters. The summed E-state index contributed by atoms with van der Waals surface area (Å²) >= 11 is 0. The second-order valence-corrected chi connectivity index (χ2v) is 5.78. The highest BCUT2D eigenvalue weighted by atomic mass is 16.5. The van der Waals surface area contributed by atoms with E-state index in [1.54, 1.807) is 23.2 Å². The molecule has 4 rings (SSSR count). The highest BCUT2D eigenvalue weighted by Crippen LogP contribution is 2.28. The Balaban J connectivity index is 1.48. The number of rotatable bonds is 3. The summed E-state index contributed by atoms with van der Waals surface area (Å²) in [5, 5.41) is 4.10. The van der Waals surface area contributed by atoms with Crippen molar-refractivity contribution in [2.45, 2.75) is 12.3 Å². The Morgan fingerprint density at radius 1 is 1.12 bits per heavy atom. The number of likely N-dealkylation sites (tertiary alicyclic amines) is 1. The number of nitrogens with zero attached hydrogens (tertiary/aromatic N) is 4. The molecule has 120 valence electrons. The van der Waals surface area contributed by atoms with Crippen LogP contribution in [0.5, 0.6) is 0 Å². The van der Waals surface area contributed by atoms with E-state index < -0.39 is 0 Å². The lowest BCUT2D eigenvalue weighted by Gasteiger charge is -2.14. The Bertz CT molecular complexity index is 832. The maximum atomic E-state index is 12.4. The lowest BCUT2D eigenvalue weighted by molar-refractivity contribution is 0.0784. The molecular weight excluding hydrogens is 304 g/mol. The Morgan fingerprint density at radius 3 is 2.75 bits per heavy atom. The molecule has 3 aromatic rings. The average Bonchev–Trinajstić information content (AvgIpc) is 3.32. The van der Waals surface area contributed by atoms with Crippen LogP contribution in [0.15, 0.2) is 59.3 Å². The summed E-state index contributed by atoms with van der Waals surface area (Å²) in [6.45, 7) is 1.26. The number of carbonyl (C=O) groups is 1. The van der Waals surface area contributed by atoms with E-state index in [4.69, 9.17) is 4.52 Å². The first-order valence-corrected chi connectivity index (χ1v) is 7.90. The number of hydrogen-bond donors (Lipinski definition) is 0. The Hall–Kier alpha value is -3.02. The number of hydrogen-bond acceptors (Lipinski definition) is 5. The second-order valence-electron chi connectivity index (χ2n) is 5.78. The molecule has 1 atom stereocenters. The van der Waals surface area contributed by atoms with Gasteiger partial charge in [0, 0.05) is 30.8 Å². The summed E-state index contributed by atoms with van der Waals surface area (Å²) < 4.78 is 5.37. The van der Waals surface area contributed by atoms with Crippen molar-refractivity contribution in [3.8, 4) is 11.5 Å². The summed E-state index contributed by atoms with van der Waals surface area (Å²) in [5.74, 6) is 1.22. The Morgan fingerprint density at radius 2 is 1.96 bits per heavy atom. The smallest absolute Gasteiger partial charge is 0.272 e. The van der Waals surface area contributed by atoms with Gasteiger partial charge in [-0.25, -0.2) is 0 Å². The first kappa shape index (κ1) is 14.6. The van der Waals surface area contributed by atoms with Crippen LogP contribution in [0.4, 0.5) is 0 Å². The summed E-state index contributed by atoms with van der Waals surface area (Å²) in [6, 6.07) is 15.0. The fraction of sp³-hybridized carbons (Fsp3) is 0.222. The number of pyridine rings is 1. The standard InChI is InChI=1S/C18H16N4O2/c23-18(15-8-4-5-10-19-15)22-11-9-14(12-22)16-20-17(24-21-16)13-6-2-1-3-7-13/h1-8,10,14H,9,11-12H2. The molecule has 1 fully saturated rings. The van der Waals surface area contributed by atoms with Gasteiger partial charge >= 0.3 is 0 Å². The zero-order chi connectivity index (χ0) is 16.4. The molecule has 0 spiro atoms. The van der Waals surface area contributed by atoms with Crippen molar-refractivity contribution in [2.24, 2.45) is 0 Å². The SMILES string of the molecule is O=C(c1ccccn1)N1CCC(c2noc(-c3ccccc3)n2)C1. The molecule has 0 radical (unpaired) electrons. The molecular formula is C18H16N4O2. The maximum absolute atomic E-state index is 12.4. The Kier molecular flexibility index (Phi) is 3.78. The van der Waals surface area contributed by atoms with E-state index in [2.05, 4.69) is 15.1 Å². The van der Waals surface area contributed by atoms with E-state index in [9.17, 15) is 4.79 Å². The van der Waals surface area contributed by atoms with E-state index in [1.807, 2.05) is 36.4 Å². The van der Waals surface area contributed by atoms with Crippen molar-refractivity contribution in [3.05, 3.63) is 66.2 Å². The summed E-state index contributed by atoms with van der Waals surface area (Å²) in [6.07, 6.45) is 2.46. The minimum absolute atomic E-state index is 0.0510. The molecule has 6 nitrogen and oxygen atoms in total. The maximum Gasteiger partial charge on any atom is 0.272 e. The van der Waals surface area contributed by atoms with Gasteiger partial charge in [-0.15, -0.1) is 0 Å². The van der Waals surface area contributed by atoms with E-state index in [0.29, 0.717) is 30.5 Å². The zero-order valence-corrected chi connectivity index (χ0v) is 13.0. The molecule has 1 aliphatic rings. The predicted octanol–water partition coefficient (Wildman–Crippen LogP) is 2.76. The van der Waals surface area contributed by atoms with Crippen molar-refractivity contribution in [2.75, 3.05) is 13.1 Å². The zero-order valence-electron chi connectivity index (χ0n) is 13.0. The molecule has 2 aromatic heterocycles. The molecule has 3 heterocycles. The van der Waals surface area contributed by atoms with E-state index in [1.165, 1.54) is 0 Å². The lowest BCUT2D eigenvalue weighted by Crippen LogP contribution is -2.29. The molecule has 1 aliphatic heterocycles. The third-order valence-corrected chi connectivity index (χ3v) is 4.19. The molecule has 0 bridgehead atoms. The fourth-order valence-corrected chi connectivity index (χ4v) is 2.91. The predicted molar refractivity (Wildman–Crippen MR) is 87.2 cm³/mol. The number of benzene rings is 1. The van der Waals surface area contributed by atoms with Gasteiger partial charge in [-0.3, -0.25) is 9.78 Å². The normalized spacial score (nSPS) is 17.2. The lowest BCUT2D eigenvalue weighted by atomic mass is 10.1. The highest BCUT2D eigenvalue weighted by Gasteiger charge is 2.31. The third-order valence-electron chi connectivity index (χ3n) is 4.19. The van der Waals surface area contributed by atoms with Crippen molar-refractivity contribution in [3.63, 3.8) is 0 Å². The third kappa shape index (κ3) is 2.78. The van der Waals surface area contributed by atoms with Crippen LogP contribution in [0.2, 0.25) is 0 Å². The Labute approximate surface area is 139 Å². The van der Waals surface area contributed by atoms with Crippen LogP contribution >= 0.6 is 0 Å². The van der Waals surface area contributed by atoms with Crippen LogP contribution in [-0.4, -0.2) is 39.0 Å². The molecule has 0 aliphatic carbocycles. The number of aromatic nitrogens is 3. The van der Waals surface area contributed by atoms with Crippen LogP contribution in [0.1, 0.15) is 28.7 Å². The van der Waals surface area contributed by atoms with E-state index in [0.717, 1.165) is 12.0 Å². The average molecular weight is 320 g/mol. The number of carbonyl (C=O) groups excluding carboxylic acids is 1. The minimum atomic E-state index is -0.0510. The van der Waals surface area contributed by atoms with Gasteiger partial charge in [0.05, 0.1) is 0 Å². The molecule has 1 aromatic carbocycles. The summed E-state index contributed by atoms with van der Waals surface area (Å²) in [4.78, 5) is 22.9. The van der Waals surface area contributed by atoms with Gasteiger partial charge in [0.2, 0.25) is 0 Å². The first-order valence-electron chi connectivity index (χ1n) is 7.90. The molecule has 0 saturated carbocycles. The highest BCUT2D eigenvalue weighted by molar-refractivity contribution is 5.92. The topological polar surface area (TPSA) is 72.1 Å². The largest absolute Gasteiger partial charge is 0.337 e. The van der Waals surface area contributed by atoms with E-state index in [-0.39, 0.29) is 11.8 Å². The molecule has 1 amide bonds. The van der Waals surface area contributed by atoms with Crippen LogP contribution < -0.4 is 0 Å². The van der Waals surface area contributed by atoms with Crippen LogP contribution in [0.25, 0.3) is 11.5 Å². The van der Waals surface area contributed by atoms with E-state index >= 15 is 0 Å². The van der Waals surface area contributed by atoms with Crippen LogP contribution in [0, 0.1) is 0 Å². The van der Waals surface area contributed by atoms with Crippen molar-refractivity contribution in [1.29, 1.82) is 0 Å². The fourth-order valence-electron chi connectivity index (χ4n) is 2.91. The molecule has 0 N–H and O–H groups in total. The summed E-state index contributed by atoms with van der Waals surface area (Å²) in [5.41, 5.74) is 1.37.